The number of halogens is 1. The van der Waals surface area contributed by atoms with Gasteiger partial charge in [0.2, 0.25) is 5.91 Å². The highest BCUT2D eigenvalue weighted by molar-refractivity contribution is 7.92. The summed E-state index contributed by atoms with van der Waals surface area (Å²) in [6, 6.07) is 9.67. The van der Waals surface area contributed by atoms with Crippen molar-refractivity contribution in [1.82, 2.24) is 14.9 Å². The number of aromatic amines is 1. The van der Waals surface area contributed by atoms with E-state index >= 15 is 4.39 Å². The van der Waals surface area contributed by atoms with Crippen LogP contribution in [0.4, 0.5) is 20.6 Å². The summed E-state index contributed by atoms with van der Waals surface area (Å²) in [5.74, 6) is -0.522. The molecule has 3 N–H and O–H groups in total. The molecule has 48 heavy (non-hydrogen) atoms. The number of hydrogen-bond donors (Lipinski definition) is 3. The molecule has 254 valence electrons. The Labute approximate surface area is 276 Å². The Morgan fingerprint density at radius 3 is 2.48 bits per heavy atom. The van der Waals surface area contributed by atoms with Gasteiger partial charge in [0.05, 0.1) is 60.4 Å². The third-order valence-electron chi connectivity index (χ3n) is 8.28. The number of H-pyrrole nitrogens is 1. The van der Waals surface area contributed by atoms with Gasteiger partial charge >= 0.3 is 6.09 Å². The van der Waals surface area contributed by atoms with E-state index in [1.807, 2.05) is 0 Å². The number of anilines is 2. The third kappa shape index (κ3) is 6.63. The minimum Gasteiger partial charge on any atom is -0.493 e. The van der Waals surface area contributed by atoms with Crippen LogP contribution in [0.5, 0.6) is 11.5 Å². The molecule has 1 aromatic heterocycles. The molecule has 0 aliphatic carbocycles. The first kappa shape index (κ1) is 34.2. The van der Waals surface area contributed by atoms with Crippen LogP contribution in [0, 0.1) is 5.82 Å². The first-order chi connectivity index (χ1) is 22.9. The third-order valence-corrected chi connectivity index (χ3v) is 10.5. The van der Waals surface area contributed by atoms with Crippen molar-refractivity contribution >= 4 is 44.1 Å². The van der Waals surface area contributed by atoms with Gasteiger partial charge in [-0.15, -0.1) is 0 Å². The Morgan fingerprint density at radius 2 is 1.79 bits per heavy atom. The molecule has 4 aromatic rings. The Hall–Kier alpha value is -5.18. The van der Waals surface area contributed by atoms with Gasteiger partial charge in [-0.25, -0.2) is 22.6 Å². The second kappa shape index (κ2) is 13.9. The maximum Gasteiger partial charge on any atom is 0.411 e. The van der Waals surface area contributed by atoms with E-state index in [2.05, 4.69) is 20.6 Å². The molecule has 1 aliphatic heterocycles. The quantitative estimate of drug-likeness (QED) is 0.208. The van der Waals surface area contributed by atoms with Crippen LogP contribution in [0.1, 0.15) is 49.9 Å². The topological polar surface area (TPSA) is 169 Å². The summed E-state index contributed by atoms with van der Waals surface area (Å²) in [6.07, 6.45) is 1.38. The van der Waals surface area contributed by atoms with E-state index in [4.69, 9.17) is 14.2 Å². The van der Waals surface area contributed by atoms with Crippen LogP contribution in [0.15, 0.2) is 64.5 Å². The summed E-state index contributed by atoms with van der Waals surface area (Å²) in [7, 11) is 0.285. The minimum absolute atomic E-state index is 0.0283. The van der Waals surface area contributed by atoms with Gasteiger partial charge in [-0.3, -0.25) is 14.9 Å². The number of aromatic nitrogens is 2. The van der Waals surface area contributed by atoms with Crippen molar-refractivity contribution in [3.8, 4) is 11.5 Å². The maximum atomic E-state index is 15.5. The highest BCUT2D eigenvalue weighted by atomic mass is 32.2. The summed E-state index contributed by atoms with van der Waals surface area (Å²) in [5.41, 5.74) is 0.511. The zero-order valence-corrected chi connectivity index (χ0v) is 27.8. The Balaban J connectivity index is 1.63. The molecule has 15 heteroatoms. The molecule has 0 saturated carbocycles. The summed E-state index contributed by atoms with van der Waals surface area (Å²) in [5, 5.41) is 4.90. The number of nitrogens with one attached hydrogen (secondary N) is 3. The van der Waals surface area contributed by atoms with E-state index in [1.54, 1.807) is 32.0 Å². The van der Waals surface area contributed by atoms with Crippen molar-refractivity contribution in [3.63, 3.8) is 0 Å². The average Bonchev–Trinajstić information content (AvgIpc) is 3.57. The number of rotatable bonds is 10. The number of benzene rings is 3. The van der Waals surface area contributed by atoms with Gasteiger partial charge in [-0.1, -0.05) is 6.07 Å². The molecule has 5 rings (SSSR count). The number of ether oxygens (including phenoxy) is 3. The molecule has 1 aliphatic rings. The van der Waals surface area contributed by atoms with Crippen LogP contribution in [0.25, 0.3) is 10.9 Å². The number of amides is 2. The van der Waals surface area contributed by atoms with Crippen LogP contribution < -0.4 is 25.7 Å². The lowest BCUT2D eigenvalue weighted by atomic mass is 10.0. The molecule has 2 heterocycles. The largest absolute Gasteiger partial charge is 0.493 e. The van der Waals surface area contributed by atoms with E-state index in [9.17, 15) is 22.8 Å². The Bertz CT molecular complexity index is 2030. The van der Waals surface area contributed by atoms with E-state index in [0.29, 0.717) is 35.5 Å². The molecule has 0 bridgehead atoms. The number of likely N-dealkylation sites (tertiary alicyclic amines) is 1. The molecule has 2 atom stereocenters. The zero-order valence-electron chi connectivity index (χ0n) is 27.0. The second-order valence-corrected chi connectivity index (χ2v) is 13.9. The first-order valence-electron chi connectivity index (χ1n) is 15.1. The highest BCUT2D eigenvalue weighted by Gasteiger charge is 2.38. The van der Waals surface area contributed by atoms with Crippen molar-refractivity contribution in [2.75, 3.05) is 38.5 Å². The van der Waals surface area contributed by atoms with E-state index in [0.717, 1.165) is 6.07 Å². The lowest BCUT2D eigenvalue weighted by Gasteiger charge is -2.32. The van der Waals surface area contributed by atoms with E-state index < -0.39 is 50.5 Å². The molecule has 2 unspecified atom stereocenters. The van der Waals surface area contributed by atoms with Gasteiger partial charge in [-0.2, -0.15) is 0 Å². The van der Waals surface area contributed by atoms with Crippen LogP contribution in [0.2, 0.25) is 0 Å². The van der Waals surface area contributed by atoms with Gasteiger partial charge < -0.3 is 29.4 Å². The number of fused-ring (bicyclic) bond motifs is 1. The zero-order chi connectivity index (χ0) is 34.7. The van der Waals surface area contributed by atoms with E-state index in [1.165, 1.54) is 56.8 Å². The average molecular weight is 682 g/mol. The number of nitrogens with zero attached hydrogens (tertiary/aromatic N) is 2. The lowest BCUT2D eigenvalue weighted by Crippen LogP contribution is -2.38. The summed E-state index contributed by atoms with van der Waals surface area (Å²) in [6.45, 7) is 3.38. The smallest absolute Gasteiger partial charge is 0.411 e. The van der Waals surface area contributed by atoms with Crippen molar-refractivity contribution in [1.29, 1.82) is 0 Å². The van der Waals surface area contributed by atoms with Crippen molar-refractivity contribution < 1.29 is 36.6 Å². The summed E-state index contributed by atoms with van der Waals surface area (Å²) in [4.78, 5) is 47.3. The Kier molecular flexibility index (Phi) is 9.89. The fourth-order valence-corrected chi connectivity index (χ4v) is 7.05. The number of carbonyl (C=O) groups excluding carboxylic acids is 2. The van der Waals surface area contributed by atoms with Crippen LogP contribution in [-0.2, 0) is 19.4 Å². The van der Waals surface area contributed by atoms with Gasteiger partial charge in [0.15, 0.2) is 21.3 Å². The number of carbonyl (C=O) groups is 2. The van der Waals surface area contributed by atoms with Gasteiger partial charge in [-0.05, 0) is 74.2 Å². The molecule has 1 fully saturated rings. The minimum atomic E-state index is -3.83. The van der Waals surface area contributed by atoms with Gasteiger partial charge in [0, 0.05) is 18.3 Å². The molecule has 13 nitrogen and oxygen atoms in total. The standard InChI is InChI=1S/C33H36FN5O8S/c1-18(2)48(43,44)29-11-9-20(37-33(42)47-5)14-22(29)26-7-6-12-39(26)32(41)30(19-8-10-27(45-3)28(13-19)46-4)38-25-15-21-24(16-23(25)34)35-17-36-31(21)40/h8-11,13-18,26,30,38H,6-7,12H2,1-5H3,(H,37,42)(H,35,36,40). The predicted molar refractivity (Wildman–Crippen MR) is 177 cm³/mol. The predicted octanol–water partition coefficient (Wildman–Crippen LogP) is 4.96. The SMILES string of the molecule is COC(=O)Nc1ccc(S(=O)(=O)C(C)C)c(C2CCCN2C(=O)C(Nc2cc3c(=O)[nH]cnc3cc2F)c2ccc(OC)c(OC)c2)c1. The van der Waals surface area contributed by atoms with Crippen molar-refractivity contribution in [3.05, 3.63) is 82.2 Å². The van der Waals surface area contributed by atoms with Crippen LogP contribution in [0.3, 0.4) is 0 Å². The molecule has 3 aromatic carbocycles. The molecule has 2 amide bonds. The van der Waals surface area contributed by atoms with E-state index in [-0.39, 0.29) is 33.7 Å². The molecular formula is C33H36FN5O8S. The number of hydrogen-bond acceptors (Lipinski definition) is 10. The normalized spacial score (nSPS) is 15.3. The summed E-state index contributed by atoms with van der Waals surface area (Å²) < 4.78 is 58.2. The van der Waals surface area contributed by atoms with Crippen LogP contribution in [-0.4, -0.2) is 68.4 Å². The van der Waals surface area contributed by atoms with Crippen molar-refractivity contribution in [2.45, 2.75) is 48.9 Å². The number of sulfone groups is 1. The van der Waals surface area contributed by atoms with Gasteiger partial charge in [0.1, 0.15) is 11.9 Å². The second-order valence-electron chi connectivity index (χ2n) is 11.4. The maximum absolute atomic E-state index is 15.5. The number of methoxy groups -OCH3 is 3. The monoisotopic (exact) mass is 681 g/mol. The first-order valence-corrected chi connectivity index (χ1v) is 16.6. The Morgan fingerprint density at radius 1 is 1.04 bits per heavy atom. The molecule has 1 saturated heterocycles. The molecule has 0 spiro atoms. The summed E-state index contributed by atoms with van der Waals surface area (Å²) >= 11 is 0. The van der Waals surface area contributed by atoms with Crippen LogP contribution >= 0.6 is 0 Å². The van der Waals surface area contributed by atoms with Crippen molar-refractivity contribution in [2.24, 2.45) is 0 Å². The molecule has 0 radical (unpaired) electrons. The fraction of sp³-hybridized carbons (Fsp3) is 0.333. The lowest BCUT2D eigenvalue weighted by molar-refractivity contribution is -0.133. The van der Waals surface area contributed by atoms with Gasteiger partial charge in [0.25, 0.3) is 5.56 Å². The highest BCUT2D eigenvalue weighted by Crippen LogP contribution is 2.41. The molecular weight excluding hydrogens is 645 g/mol. The fourth-order valence-electron chi connectivity index (χ4n) is 5.76.